The largest absolute Gasteiger partial charge is 0.260 e. The molecule has 1 aromatic heterocycles. The fraction of sp³-hybridized carbons (Fsp3) is 0. The van der Waals surface area contributed by atoms with Gasteiger partial charge in [0.2, 0.25) is 0 Å². The molecule has 0 unspecified atom stereocenters. The summed E-state index contributed by atoms with van der Waals surface area (Å²) >= 11 is 11.7. The number of pyridine rings is 1. The molecule has 0 amide bonds. The maximum Gasteiger partial charge on any atom is 0.165 e. The zero-order valence-electron chi connectivity index (χ0n) is 8.77. The Morgan fingerprint density at radius 1 is 1.18 bits per heavy atom. The molecule has 0 saturated carbocycles. The Bertz CT molecular complexity index is 527. The van der Waals surface area contributed by atoms with Gasteiger partial charge in [0.15, 0.2) is 5.82 Å². The van der Waals surface area contributed by atoms with Crippen molar-refractivity contribution in [3.8, 4) is 0 Å². The summed E-state index contributed by atoms with van der Waals surface area (Å²) < 4.78 is 0. The molecule has 17 heavy (non-hydrogen) atoms. The number of hydrazone groups is 1. The van der Waals surface area contributed by atoms with Crippen molar-refractivity contribution < 1.29 is 0 Å². The molecule has 5 heteroatoms. The van der Waals surface area contributed by atoms with Crippen molar-refractivity contribution in [3.05, 3.63) is 58.2 Å². The van der Waals surface area contributed by atoms with Crippen LogP contribution in [0.2, 0.25) is 10.0 Å². The number of nitrogens with one attached hydrogen (secondary N) is 1. The summed E-state index contributed by atoms with van der Waals surface area (Å²) in [6.45, 7) is 0. The Labute approximate surface area is 109 Å². The molecule has 0 aliphatic heterocycles. The Kier molecular flexibility index (Phi) is 3.96. The Balaban J connectivity index is 2.05. The van der Waals surface area contributed by atoms with Crippen LogP contribution in [0.25, 0.3) is 0 Å². The Hall–Kier alpha value is -1.58. The summed E-state index contributed by atoms with van der Waals surface area (Å²) in [5.41, 5.74) is 3.75. The lowest BCUT2D eigenvalue weighted by Gasteiger charge is -2.01. The predicted molar refractivity (Wildman–Crippen MR) is 71.9 cm³/mol. The lowest BCUT2D eigenvalue weighted by Crippen LogP contribution is -1.94. The summed E-state index contributed by atoms with van der Waals surface area (Å²) in [4.78, 5) is 4.02. The molecule has 86 valence electrons. The Morgan fingerprint density at radius 2 is 1.94 bits per heavy atom. The monoisotopic (exact) mass is 265 g/mol. The van der Waals surface area contributed by atoms with E-state index in [1.807, 2.05) is 30.3 Å². The van der Waals surface area contributed by atoms with E-state index in [9.17, 15) is 0 Å². The highest BCUT2D eigenvalue weighted by Crippen LogP contribution is 2.22. The summed E-state index contributed by atoms with van der Waals surface area (Å²) in [6, 6.07) is 11.3. The third-order valence-electron chi connectivity index (χ3n) is 1.99. The molecule has 2 rings (SSSR count). The maximum atomic E-state index is 5.93. The molecule has 1 N–H and O–H groups in total. The van der Waals surface area contributed by atoms with Gasteiger partial charge in [0.1, 0.15) is 0 Å². The summed E-state index contributed by atoms with van der Waals surface area (Å²) in [7, 11) is 0. The van der Waals surface area contributed by atoms with Gasteiger partial charge in [0.25, 0.3) is 0 Å². The van der Waals surface area contributed by atoms with Crippen LogP contribution in [0.3, 0.4) is 0 Å². The van der Waals surface area contributed by atoms with Crippen molar-refractivity contribution in [2.75, 3.05) is 5.43 Å². The van der Waals surface area contributed by atoms with Crippen LogP contribution >= 0.6 is 23.2 Å². The van der Waals surface area contributed by atoms with Crippen LogP contribution in [0.1, 0.15) is 5.56 Å². The number of hydrogen-bond acceptors (Lipinski definition) is 3. The van der Waals surface area contributed by atoms with E-state index < -0.39 is 0 Å². The maximum absolute atomic E-state index is 5.93. The molecule has 1 heterocycles. The van der Waals surface area contributed by atoms with Gasteiger partial charge in [0, 0.05) is 6.20 Å². The van der Waals surface area contributed by atoms with Crippen molar-refractivity contribution in [1.29, 1.82) is 0 Å². The number of nitrogens with zero attached hydrogens (tertiary/aromatic N) is 2. The van der Waals surface area contributed by atoms with Crippen LogP contribution in [-0.2, 0) is 0 Å². The van der Waals surface area contributed by atoms with E-state index in [1.54, 1.807) is 12.3 Å². The third kappa shape index (κ3) is 3.44. The highest BCUT2D eigenvalue weighted by molar-refractivity contribution is 6.35. The van der Waals surface area contributed by atoms with Gasteiger partial charge in [-0.3, -0.25) is 5.43 Å². The molecule has 3 nitrogen and oxygen atoms in total. The second-order valence-electron chi connectivity index (χ2n) is 3.26. The van der Waals surface area contributed by atoms with Gasteiger partial charge in [-0.2, -0.15) is 5.10 Å². The van der Waals surface area contributed by atoms with Gasteiger partial charge in [-0.25, -0.2) is 4.98 Å². The van der Waals surface area contributed by atoms with Crippen molar-refractivity contribution in [2.24, 2.45) is 5.10 Å². The molecule has 0 bridgehead atoms. The lowest BCUT2D eigenvalue weighted by atomic mass is 10.2. The summed E-state index contributed by atoms with van der Waals surface area (Å²) in [6.07, 6.45) is 3.19. The topological polar surface area (TPSA) is 37.3 Å². The standard InChI is InChI=1S/C12H9Cl2N3/c13-10-6-11(14)12(15-8-10)17-16-7-9-4-2-1-3-5-9/h1-8H,(H,15,17)/b16-7+. The molecule has 0 atom stereocenters. The van der Waals surface area contributed by atoms with Gasteiger partial charge >= 0.3 is 0 Å². The van der Waals surface area contributed by atoms with Gasteiger partial charge in [-0.1, -0.05) is 53.5 Å². The summed E-state index contributed by atoms with van der Waals surface area (Å²) in [5.74, 6) is 0.475. The van der Waals surface area contributed by atoms with E-state index in [1.165, 1.54) is 6.20 Å². The van der Waals surface area contributed by atoms with E-state index in [-0.39, 0.29) is 0 Å². The smallest absolute Gasteiger partial charge is 0.165 e. The quantitative estimate of drug-likeness (QED) is 0.677. The van der Waals surface area contributed by atoms with Gasteiger partial charge in [-0.15, -0.1) is 0 Å². The number of hydrogen-bond donors (Lipinski definition) is 1. The molecule has 2 aromatic rings. The van der Waals surface area contributed by atoms with Crippen molar-refractivity contribution in [3.63, 3.8) is 0 Å². The van der Waals surface area contributed by atoms with Crippen LogP contribution < -0.4 is 5.43 Å². The molecular formula is C12H9Cl2N3. The van der Waals surface area contributed by atoms with Gasteiger partial charge < -0.3 is 0 Å². The fourth-order valence-electron chi connectivity index (χ4n) is 1.20. The molecule has 0 saturated heterocycles. The van der Waals surface area contributed by atoms with Crippen LogP contribution in [0.15, 0.2) is 47.7 Å². The predicted octanol–water partition coefficient (Wildman–Crippen LogP) is 3.83. The van der Waals surface area contributed by atoms with Crippen LogP contribution in [0.4, 0.5) is 5.82 Å². The average Bonchev–Trinajstić information content (AvgIpc) is 2.33. The Morgan fingerprint density at radius 3 is 2.65 bits per heavy atom. The number of anilines is 1. The van der Waals surface area contributed by atoms with Gasteiger partial charge in [-0.05, 0) is 11.6 Å². The molecule has 0 aliphatic rings. The second-order valence-corrected chi connectivity index (χ2v) is 4.11. The van der Waals surface area contributed by atoms with E-state index in [4.69, 9.17) is 23.2 Å². The molecule has 0 fully saturated rings. The number of rotatable bonds is 3. The van der Waals surface area contributed by atoms with E-state index in [2.05, 4.69) is 15.5 Å². The third-order valence-corrected chi connectivity index (χ3v) is 2.49. The average molecular weight is 266 g/mol. The normalized spacial score (nSPS) is 10.7. The first-order valence-electron chi connectivity index (χ1n) is 4.91. The molecule has 0 radical (unpaired) electrons. The van der Waals surface area contributed by atoms with E-state index >= 15 is 0 Å². The van der Waals surface area contributed by atoms with Crippen molar-refractivity contribution in [1.82, 2.24) is 4.98 Å². The second kappa shape index (κ2) is 5.66. The van der Waals surface area contributed by atoms with Crippen LogP contribution in [0, 0.1) is 0 Å². The molecular weight excluding hydrogens is 257 g/mol. The fourth-order valence-corrected chi connectivity index (χ4v) is 1.63. The van der Waals surface area contributed by atoms with E-state index in [0.717, 1.165) is 5.56 Å². The number of benzene rings is 1. The van der Waals surface area contributed by atoms with Crippen LogP contribution in [-0.4, -0.2) is 11.2 Å². The van der Waals surface area contributed by atoms with Crippen molar-refractivity contribution >= 4 is 35.2 Å². The SMILES string of the molecule is Clc1cnc(N/N=C/c2ccccc2)c(Cl)c1. The minimum Gasteiger partial charge on any atom is -0.260 e. The number of halogens is 2. The number of aromatic nitrogens is 1. The van der Waals surface area contributed by atoms with E-state index in [0.29, 0.717) is 15.9 Å². The zero-order valence-corrected chi connectivity index (χ0v) is 10.3. The summed E-state index contributed by atoms with van der Waals surface area (Å²) in [5, 5.41) is 4.96. The first-order chi connectivity index (χ1) is 8.25. The highest BCUT2D eigenvalue weighted by Gasteiger charge is 2.00. The van der Waals surface area contributed by atoms with Crippen LogP contribution in [0.5, 0.6) is 0 Å². The zero-order chi connectivity index (χ0) is 12.1. The minimum absolute atomic E-state index is 0.433. The first kappa shape index (κ1) is 11.9. The van der Waals surface area contributed by atoms with Crippen molar-refractivity contribution in [2.45, 2.75) is 0 Å². The molecule has 0 aliphatic carbocycles. The molecule has 1 aromatic carbocycles. The molecule has 0 spiro atoms. The first-order valence-corrected chi connectivity index (χ1v) is 5.66. The minimum atomic E-state index is 0.433. The highest BCUT2D eigenvalue weighted by atomic mass is 35.5. The lowest BCUT2D eigenvalue weighted by molar-refractivity contribution is 1.23. The van der Waals surface area contributed by atoms with Gasteiger partial charge in [0.05, 0.1) is 16.3 Å².